The highest BCUT2D eigenvalue weighted by Crippen LogP contribution is 2.41. The first kappa shape index (κ1) is 12.7. The van der Waals surface area contributed by atoms with E-state index in [1.165, 1.54) is 24.3 Å². The second-order valence-corrected chi connectivity index (χ2v) is 6.85. The largest absolute Gasteiger partial charge is 0.393 e. The van der Waals surface area contributed by atoms with Crippen LogP contribution in [0.4, 0.5) is 0 Å². The zero-order valence-electron chi connectivity index (χ0n) is 10.4. The number of hydrogen-bond acceptors (Lipinski definition) is 3. The van der Waals surface area contributed by atoms with Crippen molar-refractivity contribution in [2.24, 2.45) is 11.8 Å². The molecule has 2 saturated heterocycles. The van der Waals surface area contributed by atoms with E-state index in [9.17, 15) is 5.11 Å². The highest BCUT2D eigenvalue weighted by atomic mass is 32.2. The molecule has 0 aromatic carbocycles. The van der Waals surface area contributed by atoms with E-state index in [0.29, 0.717) is 11.8 Å². The molecule has 1 N–H and O–H groups in total. The molecule has 2 heterocycles. The van der Waals surface area contributed by atoms with E-state index in [1.54, 1.807) is 0 Å². The van der Waals surface area contributed by atoms with Gasteiger partial charge in [0.15, 0.2) is 0 Å². The van der Waals surface area contributed by atoms with Gasteiger partial charge < -0.3 is 9.84 Å². The maximum Gasteiger partial charge on any atom is 0.0783 e. The van der Waals surface area contributed by atoms with Crippen molar-refractivity contribution in [2.45, 2.75) is 51.2 Å². The van der Waals surface area contributed by atoms with Crippen LogP contribution in [0.3, 0.4) is 0 Å². The van der Waals surface area contributed by atoms with Gasteiger partial charge in [0.1, 0.15) is 0 Å². The van der Waals surface area contributed by atoms with Crippen LogP contribution < -0.4 is 0 Å². The van der Waals surface area contributed by atoms with E-state index in [1.807, 2.05) is 11.8 Å². The predicted molar refractivity (Wildman–Crippen MR) is 68.8 cm³/mol. The molecule has 0 amide bonds. The second kappa shape index (κ2) is 5.28. The SMILES string of the molecule is CC(C)C(O)CC1CCOC2(CCSC2)C1. The minimum absolute atomic E-state index is 0.130. The van der Waals surface area contributed by atoms with Crippen molar-refractivity contribution in [3.05, 3.63) is 0 Å². The van der Waals surface area contributed by atoms with Gasteiger partial charge in [-0.25, -0.2) is 0 Å². The molecule has 0 aliphatic carbocycles. The Balaban J connectivity index is 1.87. The van der Waals surface area contributed by atoms with E-state index in [4.69, 9.17) is 4.74 Å². The fraction of sp³-hybridized carbons (Fsp3) is 1.00. The van der Waals surface area contributed by atoms with Crippen LogP contribution in [-0.4, -0.2) is 34.9 Å². The molecule has 2 fully saturated rings. The van der Waals surface area contributed by atoms with Gasteiger partial charge in [0, 0.05) is 12.4 Å². The summed E-state index contributed by atoms with van der Waals surface area (Å²) in [6.45, 7) is 5.10. The van der Waals surface area contributed by atoms with E-state index in [-0.39, 0.29) is 11.7 Å². The molecule has 2 rings (SSSR count). The molecule has 2 aliphatic heterocycles. The third-order valence-electron chi connectivity index (χ3n) is 4.01. The van der Waals surface area contributed by atoms with Crippen LogP contribution >= 0.6 is 11.8 Å². The summed E-state index contributed by atoms with van der Waals surface area (Å²) >= 11 is 2.02. The van der Waals surface area contributed by atoms with Crippen molar-refractivity contribution < 1.29 is 9.84 Å². The molecule has 2 aliphatic rings. The maximum atomic E-state index is 9.96. The Hall–Kier alpha value is 0.270. The van der Waals surface area contributed by atoms with Crippen molar-refractivity contribution in [3.63, 3.8) is 0 Å². The molecule has 94 valence electrons. The lowest BCUT2D eigenvalue weighted by molar-refractivity contribution is -0.0870. The average Bonchev–Trinajstić information content (AvgIpc) is 2.66. The summed E-state index contributed by atoms with van der Waals surface area (Å²) < 4.78 is 6.00. The summed E-state index contributed by atoms with van der Waals surface area (Å²) in [5.41, 5.74) is 0.171. The smallest absolute Gasteiger partial charge is 0.0783 e. The topological polar surface area (TPSA) is 29.5 Å². The maximum absolute atomic E-state index is 9.96. The summed E-state index contributed by atoms with van der Waals surface area (Å²) in [4.78, 5) is 0. The third-order valence-corrected chi connectivity index (χ3v) is 5.23. The van der Waals surface area contributed by atoms with Gasteiger partial charge in [0.25, 0.3) is 0 Å². The molecule has 1 spiro atoms. The number of aliphatic hydroxyl groups is 1. The zero-order chi connectivity index (χ0) is 11.6. The van der Waals surface area contributed by atoms with E-state index >= 15 is 0 Å². The van der Waals surface area contributed by atoms with Crippen LogP contribution in [0.1, 0.15) is 39.5 Å². The van der Waals surface area contributed by atoms with E-state index < -0.39 is 0 Å². The molecular formula is C13H24O2S. The van der Waals surface area contributed by atoms with Crippen molar-refractivity contribution in [1.29, 1.82) is 0 Å². The first-order chi connectivity index (χ1) is 7.61. The van der Waals surface area contributed by atoms with Gasteiger partial charge in [0.05, 0.1) is 11.7 Å². The number of ether oxygens (including phenoxy) is 1. The lowest BCUT2D eigenvalue weighted by atomic mass is 9.81. The summed E-state index contributed by atoms with van der Waals surface area (Å²) in [5, 5.41) is 9.96. The summed E-state index contributed by atoms with van der Waals surface area (Å²) in [6.07, 6.45) is 4.36. The van der Waals surface area contributed by atoms with Crippen molar-refractivity contribution in [3.8, 4) is 0 Å². The van der Waals surface area contributed by atoms with Crippen LogP contribution in [0.25, 0.3) is 0 Å². The minimum Gasteiger partial charge on any atom is -0.393 e. The summed E-state index contributed by atoms with van der Waals surface area (Å²) in [6, 6.07) is 0. The Morgan fingerprint density at radius 1 is 1.50 bits per heavy atom. The number of aliphatic hydroxyl groups excluding tert-OH is 1. The molecular weight excluding hydrogens is 220 g/mol. The molecule has 3 heteroatoms. The lowest BCUT2D eigenvalue weighted by Crippen LogP contribution is -2.41. The van der Waals surface area contributed by atoms with Gasteiger partial charge in [-0.2, -0.15) is 11.8 Å². The van der Waals surface area contributed by atoms with E-state index in [0.717, 1.165) is 19.4 Å². The van der Waals surface area contributed by atoms with Gasteiger partial charge in [-0.1, -0.05) is 13.8 Å². The highest BCUT2D eigenvalue weighted by molar-refractivity contribution is 7.99. The highest BCUT2D eigenvalue weighted by Gasteiger charge is 2.40. The van der Waals surface area contributed by atoms with Gasteiger partial charge in [-0.15, -0.1) is 0 Å². The lowest BCUT2D eigenvalue weighted by Gasteiger charge is -2.38. The molecule has 0 radical (unpaired) electrons. The first-order valence-electron chi connectivity index (χ1n) is 6.51. The first-order valence-corrected chi connectivity index (χ1v) is 7.66. The summed E-state index contributed by atoms with van der Waals surface area (Å²) in [7, 11) is 0. The molecule has 2 nitrogen and oxygen atoms in total. The Morgan fingerprint density at radius 2 is 2.31 bits per heavy atom. The van der Waals surface area contributed by atoms with Crippen molar-refractivity contribution >= 4 is 11.8 Å². The number of rotatable bonds is 3. The van der Waals surface area contributed by atoms with Crippen molar-refractivity contribution in [2.75, 3.05) is 18.1 Å². The third kappa shape index (κ3) is 2.93. The molecule has 0 aromatic heterocycles. The number of thioether (sulfide) groups is 1. The van der Waals surface area contributed by atoms with Gasteiger partial charge in [0.2, 0.25) is 0 Å². The summed E-state index contributed by atoms with van der Waals surface area (Å²) in [5.74, 6) is 3.47. The van der Waals surface area contributed by atoms with Crippen molar-refractivity contribution in [1.82, 2.24) is 0 Å². The Morgan fingerprint density at radius 3 is 2.94 bits per heavy atom. The molecule has 16 heavy (non-hydrogen) atoms. The fourth-order valence-corrected chi connectivity index (χ4v) is 4.19. The quantitative estimate of drug-likeness (QED) is 0.827. The van der Waals surface area contributed by atoms with Crippen LogP contribution in [0.5, 0.6) is 0 Å². The van der Waals surface area contributed by atoms with Crippen LogP contribution in [0, 0.1) is 11.8 Å². The normalized spacial score (nSPS) is 37.1. The standard InChI is InChI=1S/C13H24O2S/c1-10(2)12(14)7-11-3-5-15-13(8-11)4-6-16-9-13/h10-12,14H,3-9H2,1-2H3. The number of hydrogen-bond donors (Lipinski definition) is 1. The van der Waals surface area contributed by atoms with Gasteiger partial charge in [-0.3, -0.25) is 0 Å². The minimum atomic E-state index is -0.130. The zero-order valence-corrected chi connectivity index (χ0v) is 11.3. The monoisotopic (exact) mass is 244 g/mol. The predicted octanol–water partition coefficient (Wildman–Crippen LogP) is 2.70. The van der Waals surface area contributed by atoms with Crippen LogP contribution in [0.15, 0.2) is 0 Å². The molecule has 0 bridgehead atoms. The second-order valence-electron chi connectivity index (χ2n) is 5.74. The van der Waals surface area contributed by atoms with Crippen LogP contribution in [-0.2, 0) is 4.74 Å². The van der Waals surface area contributed by atoms with Crippen LogP contribution in [0.2, 0.25) is 0 Å². The fourth-order valence-electron chi connectivity index (χ4n) is 2.81. The Bertz CT molecular complexity index is 224. The molecule has 0 aromatic rings. The molecule has 0 saturated carbocycles. The van der Waals surface area contributed by atoms with Gasteiger partial charge in [-0.05, 0) is 43.3 Å². The average molecular weight is 244 g/mol. The van der Waals surface area contributed by atoms with E-state index in [2.05, 4.69) is 13.8 Å². The molecule has 3 unspecified atom stereocenters. The molecule has 3 atom stereocenters. The van der Waals surface area contributed by atoms with Gasteiger partial charge >= 0.3 is 0 Å². The Labute approximate surface area is 103 Å². The Kier molecular flexibility index (Phi) is 4.20.